The molecule has 0 saturated heterocycles. The fraction of sp³-hybridized carbons (Fsp3) is 0.591. The van der Waals surface area contributed by atoms with Crippen LogP contribution in [0.4, 0.5) is 0 Å². The molecule has 2 aliphatic carbocycles. The van der Waals surface area contributed by atoms with E-state index >= 15 is 0 Å². The third kappa shape index (κ3) is 4.49. The zero-order chi connectivity index (χ0) is 21.1. The van der Waals surface area contributed by atoms with Crippen LogP contribution in [0.3, 0.4) is 0 Å². The lowest BCUT2D eigenvalue weighted by atomic mass is 9.77. The molecule has 1 aromatic rings. The highest BCUT2D eigenvalue weighted by molar-refractivity contribution is 5.83. The van der Waals surface area contributed by atoms with E-state index < -0.39 is 5.66 Å². The topological polar surface area (TPSA) is 132 Å². The van der Waals surface area contributed by atoms with Crippen LogP contribution in [-0.2, 0) is 12.8 Å². The second kappa shape index (κ2) is 8.73. The Hall–Kier alpha value is -2.45. The van der Waals surface area contributed by atoms with Gasteiger partial charge in [0.1, 0.15) is 0 Å². The van der Waals surface area contributed by atoms with Crippen LogP contribution in [0.5, 0.6) is 0 Å². The minimum absolute atomic E-state index is 0.0311. The molecule has 0 spiro atoms. The SMILES string of the molecule is NCC1CCC(CC2(N)NC(=N[C@H]3CCc4ccccc4C3)NC=C2[N+](=O)[O-])CC1. The molecular weight excluding hydrogens is 380 g/mol. The van der Waals surface area contributed by atoms with E-state index in [9.17, 15) is 10.1 Å². The third-order valence-electron chi connectivity index (χ3n) is 6.88. The minimum Gasteiger partial charge on any atom is -0.330 e. The molecule has 1 heterocycles. The normalized spacial score (nSPS) is 32.5. The predicted molar refractivity (Wildman–Crippen MR) is 117 cm³/mol. The summed E-state index contributed by atoms with van der Waals surface area (Å²) in [7, 11) is 0. The van der Waals surface area contributed by atoms with Crippen molar-refractivity contribution in [3.05, 3.63) is 57.4 Å². The summed E-state index contributed by atoms with van der Waals surface area (Å²) in [6.45, 7) is 0.712. The van der Waals surface area contributed by atoms with Gasteiger partial charge in [0.25, 0.3) is 0 Å². The average molecular weight is 413 g/mol. The van der Waals surface area contributed by atoms with Crippen molar-refractivity contribution in [2.75, 3.05) is 6.54 Å². The van der Waals surface area contributed by atoms with Gasteiger partial charge in [0.15, 0.2) is 11.6 Å². The Morgan fingerprint density at radius 3 is 2.53 bits per heavy atom. The highest BCUT2D eigenvalue weighted by Gasteiger charge is 2.44. The first kappa shape index (κ1) is 20.8. The summed E-state index contributed by atoms with van der Waals surface area (Å²) in [6.07, 6.45) is 8.89. The summed E-state index contributed by atoms with van der Waals surface area (Å²) in [4.78, 5) is 16.1. The molecule has 1 fully saturated rings. The number of hydrogen-bond donors (Lipinski definition) is 4. The lowest BCUT2D eigenvalue weighted by Crippen LogP contribution is -2.65. The van der Waals surface area contributed by atoms with Gasteiger partial charge in [-0.05, 0) is 80.9 Å². The molecular formula is C22H32N6O2. The van der Waals surface area contributed by atoms with Crippen LogP contribution in [-0.4, -0.2) is 29.1 Å². The maximum absolute atomic E-state index is 11.7. The first-order valence-corrected chi connectivity index (χ1v) is 11.0. The number of nitrogens with one attached hydrogen (secondary N) is 2. The van der Waals surface area contributed by atoms with E-state index in [0.717, 1.165) is 44.9 Å². The quantitative estimate of drug-likeness (QED) is 0.432. The van der Waals surface area contributed by atoms with Crippen molar-refractivity contribution in [1.29, 1.82) is 0 Å². The fourth-order valence-corrected chi connectivity index (χ4v) is 5.12. The first-order chi connectivity index (χ1) is 14.5. The van der Waals surface area contributed by atoms with E-state index in [0.29, 0.717) is 30.8 Å². The maximum atomic E-state index is 11.7. The van der Waals surface area contributed by atoms with E-state index in [-0.39, 0.29) is 16.7 Å². The van der Waals surface area contributed by atoms with Gasteiger partial charge < -0.3 is 16.4 Å². The van der Waals surface area contributed by atoms with Crippen LogP contribution in [0.25, 0.3) is 0 Å². The Labute approximate surface area is 177 Å². The molecule has 30 heavy (non-hydrogen) atoms. The number of fused-ring (bicyclic) bond motifs is 1. The summed E-state index contributed by atoms with van der Waals surface area (Å²) in [5.41, 5.74) is 13.9. The van der Waals surface area contributed by atoms with Gasteiger partial charge in [0, 0.05) is 0 Å². The van der Waals surface area contributed by atoms with Gasteiger partial charge in [-0.1, -0.05) is 24.3 Å². The summed E-state index contributed by atoms with van der Waals surface area (Å²) in [5.74, 6) is 1.44. The second-order valence-electron chi connectivity index (χ2n) is 9.00. The summed E-state index contributed by atoms with van der Waals surface area (Å²) in [5, 5.41) is 17.8. The number of benzene rings is 1. The number of nitro groups is 1. The highest BCUT2D eigenvalue weighted by Crippen LogP contribution is 2.34. The van der Waals surface area contributed by atoms with Gasteiger partial charge in [-0.15, -0.1) is 0 Å². The monoisotopic (exact) mass is 412 g/mol. The maximum Gasteiger partial charge on any atom is 0.301 e. The van der Waals surface area contributed by atoms with E-state index in [2.05, 4.69) is 34.9 Å². The molecule has 0 radical (unpaired) electrons. The highest BCUT2D eigenvalue weighted by atomic mass is 16.6. The van der Waals surface area contributed by atoms with Crippen molar-refractivity contribution in [2.24, 2.45) is 28.3 Å². The van der Waals surface area contributed by atoms with Crippen LogP contribution in [0.15, 0.2) is 41.2 Å². The Kier molecular flexibility index (Phi) is 6.06. The van der Waals surface area contributed by atoms with Crippen molar-refractivity contribution in [2.45, 2.75) is 63.1 Å². The number of nitrogens with two attached hydrogens (primary N) is 2. The zero-order valence-corrected chi connectivity index (χ0v) is 17.3. The molecule has 2 atom stereocenters. The molecule has 4 rings (SSSR count). The van der Waals surface area contributed by atoms with Gasteiger partial charge in [0.2, 0.25) is 0 Å². The number of aryl methyl sites for hydroxylation is 1. The Bertz CT molecular complexity index is 846. The van der Waals surface area contributed by atoms with Crippen LogP contribution < -0.4 is 22.1 Å². The van der Waals surface area contributed by atoms with E-state index in [1.54, 1.807) is 0 Å². The Morgan fingerprint density at radius 2 is 1.83 bits per heavy atom. The average Bonchev–Trinajstić information content (AvgIpc) is 2.74. The molecule has 0 bridgehead atoms. The van der Waals surface area contributed by atoms with Crippen LogP contribution in [0.2, 0.25) is 0 Å². The molecule has 0 aromatic heterocycles. The number of hydrogen-bond acceptors (Lipinski definition) is 5. The molecule has 1 unspecified atom stereocenters. The second-order valence-corrected chi connectivity index (χ2v) is 9.00. The molecule has 8 heteroatoms. The van der Waals surface area contributed by atoms with Crippen molar-refractivity contribution in [3.63, 3.8) is 0 Å². The number of guanidine groups is 1. The van der Waals surface area contributed by atoms with E-state index in [1.807, 2.05) is 0 Å². The Balaban J connectivity index is 1.48. The van der Waals surface area contributed by atoms with Gasteiger partial charge in [-0.3, -0.25) is 15.8 Å². The largest absolute Gasteiger partial charge is 0.330 e. The van der Waals surface area contributed by atoms with Crippen molar-refractivity contribution in [3.8, 4) is 0 Å². The van der Waals surface area contributed by atoms with Crippen LogP contribution >= 0.6 is 0 Å². The van der Waals surface area contributed by atoms with Gasteiger partial charge in [0.05, 0.1) is 17.2 Å². The van der Waals surface area contributed by atoms with Gasteiger partial charge >= 0.3 is 5.70 Å². The predicted octanol–water partition coefficient (Wildman–Crippen LogP) is 2.02. The minimum atomic E-state index is -1.22. The number of rotatable bonds is 5. The molecule has 1 aliphatic heterocycles. The van der Waals surface area contributed by atoms with E-state index in [1.165, 1.54) is 17.3 Å². The zero-order valence-electron chi connectivity index (χ0n) is 17.3. The lowest BCUT2D eigenvalue weighted by Gasteiger charge is -2.37. The standard InChI is InChI=1S/C22H32N6O2/c23-13-16-7-5-15(6-8-16)12-22(24)20(28(29)30)14-25-21(27-22)26-19-10-9-17-3-1-2-4-18(17)11-19/h1-4,14-16,19H,5-13,23-24H2,(H2,25,26,27)/t15?,16?,19-,22?/m0/s1. The van der Waals surface area contributed by atoms with Crippen molar-refractivity contribution < 1.29 is 4.92 Å². The number of aliphatic imine (C=N–C) groups is 1. The summed E-state index contributed by atoms with van der Waals surface area (Å²) >= 11 is 0. The molecule has 8 nitrogen and oxygen atoms in total. The smallest absolute Gasteiger partial charge is 0.301 e. The first-order valence-electron chi connectivity index (χ1n) is 11.0. The molecule has 6 N–H and O–H groups in total. The molecule has 3 aliphatic rings. The summed E-state index contributed by atoms with van der Waals surface area (Å²) in [6, 6.07) is 8.58. The third-order valence-corrected chi connectivity index (χ3v) is 6.88. The van der Waals surface area contributed by atoms with Gasteiger partial charge in [-0.25, -0.2) is 4.99 Å². The van der Waals surface area contributed by atoms with Crippen LogP contribution in [0.1, 0.15) is 49.7 Å². The molecule has 162 valence electrons. The van der Waals surface area contributed by atoms with Crippen molar-refractivity contribution >= 4 is 5.96 Å². The summed E-state index contributed by atoms with van der Waals surface area (Å²) < 4.78 is 0. The Morgan fingerprint density at radius 1 is 1.13 bits per heavy atom. The van der Waals surface area contributed by atoms with Crippen molar-refractivity contribution in [1.82, 2.24) is 10.6 Å². The van der Waals surface area contributed by atoms with Gasteiger partial charge in [-0.2, -0.15) is 0 Å². The van der Waals surface area contributed by atoms with Crippen LogP contribution in [0, 0.1) is 22.0 Å². The fourth-order valence-electron chi connectivity index (χ4n) is 5.12. The molecule has 1 aromatic carbocycles. The number of nitrogens with zero attached hydrogens (tertiary/aromatic N) is 2. The lowest BCUT2D eigenvalue weighted by molar-refractivity contribution is -0.437. The van der Waals surface area contributed by atoms with E-state index in [4.69, 9.17) is 16.5 Å². The molecule has 0 amide bonds. The molecule has 1 saturated carbocycles.